The van der Waals surface area contributed by atoms with Crippen molar-refractivity contribution in [3.05, 3.63) is 11.9 Å². The number of aromatic nitrogens is 2. The van der Waals surface area contributed by atoms with Gasteiger partial charge in [-0.05, 0) is 20.3 Å². The number of nitrogens with zero attached hydrogens (tertiary/aromatic N) is 2. The second kappa shape index (κ2) is 6.12. The summed E-state index contributed by atoms with van der Waals surface area (Å²) in [6.45, 7) is 4.59. The second-order valence-electron chi connectivity index (χ2n) is 5.36. The van der Waals surface area contributed by atoms with Crippen LogP contribution in [0.4, 0.5) is 11.6 Å². The molecule has 1 aromatic rings. The van der Waals surface area contributed by atoms with Crippen molar-refractivity contribution in [2.24, 2.45) is 5.84 Å². The van der Waals surface area contributed by atoms with Crippen LogP contribution < -0.4 is 16.6 Å². The second-order valence-corrected chi connectivity index (χ2v) is 7.55. The van der Waals surface area contributed by atoms with Crippen LogP contribution in [-0.2, 0) is 21.2 Å². The molecule has 0 amide bonds. The Kier molecular flexibility index (Phi) is 4.64. The highest BCUT2D eigenvalue weighted by atomic mass is 32.2. The van der Waals surface area contributed by atoms with Gasteiger partial charge in [0.05, 0.1) is 17.0 Å². The van der Waals surface area contributed by atoms with E-state index in [-0.39, 0.29) is 18.1 Å². The summed E-state index contributed by atoms with van der Waals surface area (Å²) in [7, 11) is -2.98. The molecule has 0 saturated carbocycles. The van der Waals surface area contributed by atoms with Gasteiger partial charge < -0.3 is 15.5 Å². The van der Waals surface area contributed by atoms with Crippen molar-refractivity contribution >= 4 is 21.5 Å². The average molecular weight is 315 g/mol. The van der Waals surface area contributed by atoms with Gasteiger partial charge in [0.1, 0.15) is 18.2 Å². The van der Waals surface area contributed by atoms with Gasteiger partial charge in [-0.2, -0.15) is 0 Å². The third-order valence-electron chi connectivity index (χ3n) is 3.29. The fourth-order valence-corrected chi connectivity index (χ4v) is 4.40. The molecule has 21 heavy (non-hydrogen) atoms. The number of rotatable bonds is 6. The zero-order chi connectivity index (χ0) is 15.5. The Labute approximate surface area is 124 Å². The lowest BCUT2D eigenvalue weighted by Gasteiger charge is -2.25. The van der Waals surface area contributed by atoms with Gasteiger partial charge in [-0.1, -0.05) is 0 Å². The van der Waals surface area contributed by atoms with Crippen LogP contribution >= 0.6 is 0 Å². The zero-order valence-electron chi connectivity index (χ0n) is 12.2. The van der Waals surface area contributed by atoms with Crippen molar-refractivity contribution in [1.82, 2.24) is 9.97 Å². The smallest absolute Gasteiger partial charge is 0.158 e. The Hall–Kier alpha value is -1.45. The molecule has 2 rings (SSSR count). The summed E-state index contributed by atoms with van der Waals surface area (Å²) >= 11 is 0. The van der Waals surface area contributed by atoms with Crippen molar-refractivity contribution in [2.45, 2.75) is 32.4 Å². The van der Waals surface area contributed by atoms with Crippen molar-refractivity contribution < 1.29 is 13.2 Å². The molecule has 118 valence electrons. The van der Waals surface area contributed by atoms with Gasteiger partial charge in [0.15, 0.2) is 15.7 Å². The standard InChI is InChI=1S/C12H21N5O3S/c1-3-20-7-11-14-9(6-10(15-11)17-13)16-12(2)4-5-21(18,19)8-12/h6H,3-5,7-8,13H2,1-2H3,(H2,14,15,16,17). The third kappa shape index (κ3) is 4.26. The van der Waals surface area contributed by atoms with Crippen LogP contribution in [0.15, 0.2) is 6.07 Å². The van der Waals surface area contributed by atoms with E-state index in [1.807, 2.05) is 13.8 Å². The highest BCUT2D eigenvalue weighted by molar-refractivity contribution is 7.91. The van der Waals surface area contributed by atoms with E-state index in [0.29, 0.717) is 30.5 Å². The molecule has 0 spiro atoms. The summed E-state index contributed by atoms with van der Waals surface area (Å²) in [5, 5.41) is 3.18. The molecule has 0 aromatic carbocycles. The fourth-order valence-electron chi connectivity index (χ4n) is 2.31. The molecule has 9 heteroatoms. The number of nitrogen functional groups attached to an aromatic ring is 1. The summed E-state index contributed by atoms with van der Waals surface area (Å²) in [6.07, 6.45) is 0.547. The number of nitrogens with two attached hydrogens (primary N) is 1. The summed E-state index contributed by atoms with van der Waals surface area (Å²) < 4.78 is 28.6. The number of anilines is 2. The molecule has 1 aromatic heterocycles. The van der Waals surface area contributed by atoms with E-state index in [9.17, 15) is 8.42 Å². The zero-order valence-corrected chi connectivity index (χ0v) is 13.0. The van der Waals surface area contributed by atoms with Crippen LogP contribution in [-0.4, -0.2) is 42.0 Å². The van der Waals surface area contributed by atoms with E-state index in [1.165, 1.54) is 0 Å². The van der Waals surface area contributed by atoms with Crippen molar-refractivity contribution in [1.29, 1.82) is 0 Å². The molecule has 8 nitrogen and oxygen atoms in total. The lowest BCUT2D eigenvalue weighted by Crippen LogP contribution is -2.36. The fraction of sp³-hybridized carbons (Fsp3) is 0.667. The number of nitrogens with one attached hydrogen (secondary N) is 2. The number of hydrazine groups is 1. The first-order valence-electron chi connectivity index (χ1n) is 6.77. The molecule has 1 unspecified atom stereocenters. The SMILES string of the molecule is CCOCc1nc(NN)cc(NC2(C)CCS(=O)(=O)C2)n1. The van der Waals surface area contributed by atoms with Gasteiger partial charge in [-0.15, -0.1) is 0 Å². The van der Waals surface area contributed by atoms with Gasteiger partial charge in [0.2, 0.25) is 0 Å². The normalized spacial score (nSPS) is 24.0. The highest BCUT2D eigenvalue weighted by Gasteiger charge is 2.38. The molecule has 1 fully saturated rings. The monoisotopic (exact) mass is 315 g/mol. The van der Waals surface area contributed by atoms with Crippen LogP contribution in [0.1, 0.15) is 26.1 Å². The molecular weight excluding hydrogens is 294 g/mol. The molecule has 0 aliphatic carbocycles. The molecule has 1 aliphatic rings. The molecule has 1 aliphatic heterocycles. The summed E-state index contributed by atoms with van der Waals surface area (Å²) in [5.74, 6) is 7.15. The first-order valence-corrected chi connectivity index (χ1v) is 8.59. The maximum atomic E-state index is 11.6. The van der Waals surface area contributed by atoms with Crippen LogP contribution in [0.2, 0.25) is 0 Å². The minimum atomic E-state index is -2.98. The molecule has 0 bridgehead atoms. The first kappa shape index (κ1) is 15.9. The van der Waals surface area contributed by atoms with Crippen LogP contribution in [0.3, 0.4) is 0 Å². The van der Waals surface area contributed by atoms with E-state index < -0.39 is 15.4 Å². The minimum Gasteiger partial charge on any atom is -0.374 e. The quantitative estimate of drug-likeness (QED) is 0.506. The van der Waals surface area contributed by atoms with Gasteiger partial charge in [0.25, 0.3) is 0 Å². The Balaban J connectivity index is 2.19. The summed E-state index contributed by atoms with van der Waals surface area (Å²) in [4.78, 5) is 8.52. The third-order valence-corrected chi connectivity index (χ3v) is 5.19. The van der Waals surface area contributed by atoms with Crippen molar-refractivity contribution in [2.75, 3.05) is 28.9 Å². The summed E-state index contributed by atoms with van der Waals surface area (Å²) in [5.41, 5.74) is 1.95. The summed E-state index contributed by atoms with van der Waals surface area (Å²) in [6, 6.07) is 1.64. The van der Waals surface area contributed by atoms with Gasteiger partial charge >= 0.3 is 0 Å². The Bertz CT molecular complexity index is 607. The van der Waals surface area contributed by atoms with E-state index >= 15 is 0 Å². The Morgan fingerprint density at radius 2 is 2.14 bits per heavy atom. The van der Waals surface area contributed by atoms with Crippen LogP contribution in [0.25, 0.3) is 0 Å². The van der Waals surface area contributed by atoms with E-state index in [2.05, 4.69) is 20.7 Å². The molecule has 0 radical (unpaired) electrons. The molecular formula is C12H21N5O3S. The predicted molar refractivity (Wildman–Crippen MR) is 80.5 cm³/mol. The molecule has 1 saturated heterocycles. The maximum Gasteiger partial charge on any atom is 0.158 e. The number of sulfone groups is 1. The number of hydrogen-bond donors (Lipinski definition) is 3. The lowest BCUT2D eigenvalue weighted by molar-refractivity contribution is 0.128. The molecule has 4 N–H and O–H groups in total. The van der Waals surface area contributed by atoms with Gasteiger partial charge in [0, 0.05) is 12.7 Å². The van der Waals surface area contributed by atoms with E-state index in [4.69, 9.17) is 10.6 Å². The largest absolute Gasteiger partial charge is 0.374 e. The number of hydrogen-bond acceptors (Lipinski definition) is 8. The number of ether oxygens (including phenoxy) is 1. The average Bonchev–Trinajstić information content (AvgIpc) is 2.69. The maximum absolute atomic E-state index is 11.6. The van der Waals surface area contributed by atoms with Crippen molar-refractivity contribution in [3.8, 4) is 0 Å². The Morgan fingerprint density at radius 3 is 2.71 bits per heavy atom. The van der Waals surface area contributed by atoms with Crippen LogP contribution in [0, 0.1) is 0 Å². The molecule has 1 atom stereocenters. The lowest BCUT2D eigenvalue weighted by atomic mass is 10.0. The first-order chi connectivity index (χ1) is 9.86. The van der Waals surface area contributed by atoms with E-state index in [1.54, 1.807) is 6.07 Å². The predicted octanol–water partition coefficient (Wildman–Crippen LogP) is 0.288. The van der Waals surface area contributed by atoms with E-state index in [0.717, 1.165) is 0 Å². The van der Waals surface area contributed by atoms with Crippen LogP contribution in [0.5, 0.6) is 0 Å². The Morgan fingerprint density at radius 1 is 1.43 bits per heavy atom. The topological polar surface area (TPSA) is 119 Å². The minimum absolute atomic E-state index is 0.0934. The highest BCUT2D eigenvalue weighted by Crippen LogP contribution is 2.27. The molecule has 2 heterocycles. The van der Waals surface area contributed by atoms with Crippen molar-refractivity contribution in [3.63, 3.8) is 0 Å². The van der Waals surface area contributed by atoms with Gasteiger partial charge in [-0.3, -0.25) is 0 Å². The van der Waals surface area contributed by atoms with Gasteiger partial charge in [-0.25, -0.2) is 24.2 Å².